The van der Waals surface area contributed by atoms with Crippen molar-refractivity contribution in [2.45, 2.75) is 111 Å². The Hall–Kier alpha value is -2.57. The van der Waals surface area contributed by atoms with Gasteiger partial charge in [-0.05, 0) is 109 Å². The van der Waals surface area contributed by atoms with Gasteiger partial charge < -0.3 is 14.9 Å². The number of esters is 1. The van der Waals surface area contributed by atoms with E-state index in [0.29, 0.717) is 19.3 Å². The molecule has 0 aliphatic heterocycles. The number of ether oxygens (including phenoxy) is 1. The number of allylic oxidation sites excluding steroid dienone is 9. The van der Waals surface area contributed by atoms with Crippen LogP contribution < -0.4 is 0 Å². The van der Waals surface area contributed by atoms with Crippen LogP contribution in [-0.2, 0) is 19.1 Å². The van der Waals surface area contributed by atoms with Gasteiger partial charge in [0.05, 0.1) is 6.10 Å². The summed E-state index contributed by atoms with van der Waals surface area (Å²) < 4.78 is 5.35. The fourth-order valence-electron chi connectivity index (χ4n) is 8.60. The van der Waals surface area contributed by atoms with E-state index in [1.54, 1.807) is 12.2 Å². The quantitative estimate of drug-likeness (QED) is 0.174. The molecule has 3 fully saturated rings. The van der Waals surface area contributed by atoms with Crippen molar-refractivity contribution in [1.29, 1.82) is 0 Å². The van der Waals surface area contributed by atoms with Crippen LogP contribution in [0.3, 0.4) is 0 Å². The zero-order valence-electron chi connectivity index (χ0n) is 26.4. The maximum absolute atomic E-state index is 13.5. The van der Waals surface area contributed by atoms with Crippen LogP contribution in [0.5, 0.6) is 0 Å². The first kappa shape index (κ1) is 32.3. The Kier molecular flexibility index (Phi) is 9.69. The van der Waals surface area contributed by atoms with Gasteiger partial charge in [-0.3, -0.25) is 9.59 Å². The molecule has 0 aromatic carbocycles. The van der Waals surface area contributed by atoms with Crippen LogP contribution in [0, 0.1) is 28.6 Å². The molecule has 0 bridgehead atoms. The number of hydrogen-bond acceptors (Lipinski definition) is 6. The molecule has 0 saturated heterocycles. The monoisotopic (exact) mass is 578 g/mol. The Morgan fingerprint density at radius 3 is 2.45 bits per heavy atom. The first-order chi connectivity index (χ1) is 19.7. The average Bonchev–Trinajstić information content (AvgIpc) is 3.18. The van der Waals surface area contributed by atoms with Crippen LogP contribution in [0.4, 0.5) is 0 Å². The minimum atomic E-state index is -1.66. The zero-order chi connectivity index (χ0) is 30.9. The molecule has 3 saturated carbocycles. The second-order valence-electron chi connectivity index (χ2n) is 14.0. The summed E-state index contributed by atoms with van der Waals surface area (Å²) in [5.41, 5.74) is 1.73. The van der Waals surface area contributed by atoms with E-state index >= 15 is 0 Å². The van der Waals surface area contributed by atoms with E-state index in [1.165, 1.54) is 17.2 Å². The van der Waals surface area contributed by atoms with Gasteiger partial charge in [-0.1, -0.05) is 54.4 Å². The Morgan fingerprint density at radius 1 is 1.05 bits per heavy atom. The molecule has 1 unspecified atom stereocenters. The minimum Gasteiger partial charge on any atom is -0.454 e. The lowest BCUT2D eigenvalue weighted by molar-refractivity contribution is -0.180. The van der Waals surface area contributed by atoms with Crippen LogP contribution >= 0.6 is 0 Å². The van der Waals surface area contributed by atoms with Gasteiger partial charge in [0, 0.05) is 22.8 Å². The molecule has 0 amide bonds. The van der Waals surface area contributed by atoms with Gasteiger partial charge in [-0.2, -0.15) is 0 Å². The number of Topliss-reactive ketones (excluding diaryl/α,β-unsaturated/α-hetero) is 1. The van der Waals surface area contributed by atoms with Crippen molar-refractivity contribution >= 4 is 17.5 Å². The molecule has 4 aliphatic carbocycles. The lowest BCUT2D eigenvalue weighted by Crippen LogP contribution is -2.61. The molecule has 0 aromatic heterocycles. The zero-order valence-corrected chi connectivity index (χ0v) is 26.4. The summed E-state index contributed by atoms with van der Waals surface area (Å²) in [6.07, 6.45) is 16.9. The molecule has 0 aromatic rings. The third-order valence-electron chi connectivity index (χ3n) is 10.9. The summed E-state index contributed by atoms with van der Waals surface area (Å²) in [6, 6.07) is 0. The molecule has 0 spiro atoms. The van der Waals surface area contributed by atoms with E-state index in [-0.39, 0.29) is 23.5 Å². The van der Waals surface area contributed by atoms with Crippen molar-refractivity contribution in [3.63, 3.8) is 0 Å². The van der Waals surface area contributed by atoms with Crippen LogP contribution in [0.15, 0.2) is 58.7 Å². The number of ketones is 2. The Balaban J connectivity index is 1.36. The molecule has 42 heavy (non-hydrogen) atoms. The summed E-state index contributed by atoms with van der Waals surface area (Å²) in [5.74, 6) is -0.957. The SMILES string of the molecule is CC(C)=CCC/C(C)=C/CC/C(C)=C\C(=O)OCC(=O)[C@@]1(O)CC[C@H]2[C@@H]3CCC4=CC(=O)C=C[C@]4(C)[C@H]3C(O)C[C@@]21C. The molecule has 6 nitrogen and oxygen atoms in total. The summed E-state index contributed by atoms with van der Waals surface area (Å²) in [4.78, 5) is 38.1. The molecular formula is C36H50O6. The fraction of sp³-hybridized carbons (Fsp3) is 0.639. The first-order valence-corrected chi connectivity index (χ1v) is 15.7. The fourth-order valence-corrected chi connectivity index (χ4v) is 8.60. The average molecular weight is 579 g/mol. The highest BCUT2D eigenvalue weighted by molar-refractivity contribution is 6.01. The number of aliphatic hydroxyl groups excluding tert-OH is 1. The van der Waals surface area contributed by atoms with Crippen molar-refractivity contribution in [3.8, 4) is 0 Å². The largest absolute Gasteiger partial charge is 0.454 e. The van der Waals surface area contributed by atoms with E-state index in [9.17, 15) is 24.6 Å². The summed E-state index contributed by atoms with van der Waals surface area (Å²) in [5, 5.41) is 23.4. The van der Waals surface area contributed by atoms with Crippen molar-refractivity contribution in [2.24, 2.45) is 28.6 Å². The molecule has 6 heteroatoms. The van der Waals surface area contributed by atoms with Crippen LogP contribution in [-0.4, -0.2) is 46.1 Å². The number of rotatable bonds is 10. The number of fused-ring (bicyclic) bond motifs is 5. The number of hydrogen-bond donors (Lipinski definition) is 2. The van der Waals surface area contributed by atoms with Crippen molar-refractivity contribution < 1.29 is 29.3 Å². The van der Waals surface area contributed by atoms with Gasteiger partial charge >= 0.3 is 5.97 Å². The molecule has 4 rings (SSSR count). The van der Waals surface area contributed by atoms with Gasteiger partial charge in [0.1, 0.15) is 5.60 Å². The van der Waals surface area contributed by atoms with Crippen molar-refractivity contribution in [2.75, 3.05) is 6.61 Å². The summed E-state index contributed by atoms with van der Waals surface area (Å²) in [7, 11) is 0. The van der Waals surface area contributed by atoms with Crippen LogP contribution in [0.2, 0.25) is 0 Å². The lowest BCUT2D eigenvalue weighted by atomic mass is 9.46. The third kappa shape index (κ3) is 6.21. The topological polar surface area (TPSA) is 101 Å². The predicted molar refractivity (Wildman–Crippen MR) is 164 cm³/mol. The normalized spacial score (nSPS) is 36.0. The summed E-state index contributed by atoms with van der Waals surface area (Å²) >= 11 is 0. The van der Waals surface area contributed by atoms with E-state index in [2.05, 4.69) is 39.8 Å². The van der Waals surface area contributed by atoms with E-state index in [1.807, 2.05) is 19.9 Å². The minimum absolute atomic E-state index is 0.00542. The standard InChI is InChI=1S/C36H50O6/c1-23(2)9-7-10-24(3)11-8-12-25(4)19-32(40)42-22-31(39)36(41)18-16-29-28-14-13-26-20-27(37)15-17-34(26,5)33(28)30(38)21-35(29,36)6/h9,11,15,17,19-20,28-30,33,38,41H,7-8,10,12-14,16,18,21-22H2,1-6H3/b24-11+,25-19-/t28-,29-,30?,33+,34-,35-,36-/m0/s1. The second kappa shape index (κ2) is 12.6. The van der Waals surface area contributed by atoms with Crippen LogP contribution in [0.1, 0.15) is 99.3 Å². The van der Waals surface area contributed by atoms with Crippen LogP contribution in [0.25, 0.3) is 0 Å². The molecule has 7 atom stereocenters. The molecule has 230 valence electrons. The number of aliphatic hydroxyl groups is 2. The number of carbonyl (C=O) groups is 3. The Labute approximate surface area is 251 Å². The van der Waals surface area contributed by atoms with Gasteiger partial charge in [-0.25, -0.2) is 4.79 Å². The van der Waals surface area contributed by atoms with Gasteiger partial charge in [0.15, 0.2) is 12.4 Å². The molecular weight excluding hydrogens is 528 g/mol. The van der Waals surface area contributed by atoms with Gasteiger partial charge in [-0.15, -0.1) is 0 Å². The highest BCUT2D eigenvalue weighted by Gasteiger charge is 2.68. The third-order valence-corrected chi connectivity index (χ3v) is 10.9. The maximum atomic E-state index is 13.5. The molecule has 0 radical (unpaired) electrons. The van der Waals surface area contributed by atoms with E-state index in [4.69, 9.17) is 4.74 Å². The summed E-state index contributed by atoms with van der Waals surface area (Å²) in [6.45, 7) is 11.8. The highest BCUT2D eigenvalue weighted by Crippen LogP contribution is 2.67. The highest BCUT2D eigenvalue weighted by atomic mass is 16.5. The number of carbonyl (C=O) groups excluding carboxylic acids is 3. The first-order valence-electron chi connectivity index (χ1n) is 15.7. The van der Waals surface area contributed by atoms with Gasteiger partial charge in [0.25, 0.3) is 0 Å². The predicted octanol–water partition coefficient (Wildman–Crippen LogP) is 6.53. The Bertz CT molecular complexity index is 1250. The van der Waals surface area contributed by atoms with Gasteiger partial charge in [0.2, 0.25) is 5.78 Å². The Morgan fingerprint density at radius 2 is 1.74 bits per heavy atom. The van der Waals surface area contributed by atoms with Crippen molar-refractivity contribution in [1.82, 2.24) is 0 Å². The maximum Gasteiger partial charge on any atom is 0.331 e. The molecule has 4 aliphatic rings. The lowest BCUT2D eigenvalue weighted by Gasteiger charge is -2.59. The molecule has 0 heterocycles. The molecule has 2 N–H and O–H groups in total. The van der Waals surface area contributed by atoms with Crippen molar-refractivity contribution in [3.05, 3.63) is 58.7 Å². The van der Waals surface area contributed by atoms with E-state index in [0.717, 1.165) is 49.7 Å². The van der Waals surface area contributed by atoms with E-state index < -0.39 is 40.9 Å². The second-order valence-corrected chi connectivity index (χ2v) is 14.0. The smallest absolute Gasteiger partial charge is 0.331 e.